The molecule has 1 heterocycles. The first-order valence-electron chi connectivity index (χ1n) is 8.41. The zero-order valence-corrected chi connectivity index (χ0v) is 13.9. The summed E-state index contributed by atoms with van der Waals surface area (Å²) in [6.45, 7) is 9.98. The fraction of sp³-hybridized carbons (Fsp3) is 0.684. The predicted octanol–water partition coefficient (Wildman–Crippen LogP) is 4.78. The molecule has 1 aliphatic carbocycles. The Kier molecular flexibility index (Phi) is 4.90. The molecule has 0 radical (unpaired) electrons. The molecule has 0 amide bonds. The third-order valence-corrected chi connectivity index (χ3v) is 5.64. The van der Waals surface area contributed by atoms with E-state index in [1.54, 1.807) is 5.56 Å². The van der Waals surface area contributed by atoms with Gasteiger partial charge in [-0.25, -0.2) is 0 Å². The van der Waals surface area contributed by atoms with E-state index in [0.29, 0.717) is 5.41 Å². The van der Waals surface area contributed by atoms with Crippen LogP contribution in [-0.2, 0) is 5.41 Å². The van der Waals surface area contributed by atoms with Crippen molar-refractivity contribution in [3.8, 4) is 0 Å². The molecule has 0 aromatic heterocycles. The topological polar surface area (TPSA) is 3.24 Å². The largest absolute Gasteiger partial charge is 0.303 e. The van der Waals surface area contributed by atoms with Crippen molar-refractivity contribution in [3.63, 3.8) is 0 Å². The van der Waals surface area contributed by atoms with Crippen molar-refractivity contribution in [1.82, 2.24) is 4.90 Å². The lowest BCUT2D eigenvalue weighted by atomic mass is 9.57. The summed E-state index contributed by atoms with van der Waals surface area (Å²) in [6, 6.07) is 10.1. The normalized spacial score (nSPS) is 33.2. The van der Waals surface area contributed by atoms with E-state index < -0.39 is 0 Å². The molecule has 3 rings (SSSR count). The first kappa shape index (κ1) is 15.6. The van der Waals surface area contributed by atoms with Gasteiger partial charge in [0.25, 0.3) is 0 Å². The van der Waals surface area contributed by atoms with Crippen LogP contribution in [0.2, 0.25) is 0 Å². The van der Waals surface area contributed by atoms with Crippen molar-refractivity contribution in [2.45, 2.75) is 64.8 Å². The van der Waals surface area contributed by atoms with Gasteiger partial charge < -0.3 is 4.90 Å². The van der Waals surface area contributed by atoms with E-state index >= 15 is 0 Å². The van der Waals surface area contributed by atoms with Gasteiger partial charge in [-0.2, -0.15) is 0 Å². The lowest BCUT2D eigenvalue weighted by molar-refractivity contribution is 0.0126. The van der Waals surface area contributed by atoms with E-state index in [2.05, 4.69) is 50.1 Å². The van der Waals surface area contributed by atoms with E-state index in [1.165, 1.54) is 37.8 Å². The van der Waals surface area contributed by atoms with Gasteiger partial charge in [0.2, 0.25) is 0 Å². The highest BCUT2D eigenvalue weighted by Crippen LogP contribution is 2.50. The minimum atomic E-state index is 0.460. The molecular weight excluding hydrogens is 242 g/mol. The molecule has 1 saturated carbocycles. The molecule has 2 bridgehead atoms. The molecule has 1 nitrogen and oxygen atoms in total. The lowest BCUT2D eigenvalue weighted by Crippen LogP contribution is -2.56. The fourth-order valence-electron chi connectivity index (χ4n) is 4.48. The molecule has 1 aliphatic heterocycles. The van der Waals surface area contributed by atoms with Crippen molar-refractivity contribution in [2.75, 3.05) is 13.6 Å². The number of hydrogen-bond donors (Lipinski definition) is 0. The average molecular weight is 273 g/mol. The summed E-state index contributed by atoms with van der Waals surface area (Å²) < 4.78 is 0. The van der Waals surface area contributed by atoms with Crippen LogP contribution in [0.1, 0.15) is 57.6 Å². The SMILES string of the molecule is CC.Cc1cccc([C@@]23CCC[C@@H]([C@@H]2C)N(C)CC3)c1. The highest BCUT2D eigenvalue weighted by molar-refractivity contribution is 5.32. The number of benzene rings is 1. The number of rotatable bonds is 1. The number of piperidine rings is 1. The Hall–Kier alpha value is -0.820. The fourth-order valence-corrected chi connectivity index (χ4v) is 4.48. The molecule has 2 aliphatic rings. The second-order valence-electron chi connectivity index (χ2n) is 6.50. The van der Waals surface area contributed by atoms with Gasteiger partial charge in [0.1, 0.15) is 0 Å². The summed E-state index contributed by atoms with van der Waals surface area (Å²) in [5, 5.41) is 0. The smallest absolute Gasteiger partial charge is 0.0126 e. The highest BCUT2D eigenvalue weighted by atomic mass is 15.1. The maximum atomic E-state index is 2.60. The minimum Gasteiger partial charge on any atom is -0.303 e. The Balaban J connectivity index is 0.000000704. The van der Waals surface area contributed by atoms with Gasteiger partial charge in [-0.3, -0.25) is 0 Å². The summed E-state index contributed by atoms with van der Waals surface area (Å²) in [7, 11) is 2.31. The summed E-state index contributed by atoms with van der Waals surface area (Å²) in [5.74, 6) is 0.798. The molecule has 1 saturated heterocycles. The Morgan fingerprint density at radius 1 is 1.20 bits per heavy atom. The Bertz CT molecular complexity index is 439. The number of nitrogens with zero attached hydrogens (tertiary/aromatic N) is 1. The summed E-state index contributed by atoms with van der Waals surface area (Å²) >= 11 is 0. The summed E-state index contributed by atoms with van der Waals surface area (Å²) in [5.41, 5.74) is 3.48. The number of hydrogen-bond acceptors (Lipinski definition) is 1. The van der Waals surface area contributed by atoms with Crippen molar-refractivity contribution in [3.05, 3.63) is 35.4 Å². The van der Waals surface area contributed by atoms with E-state index in [9.17, 15) is 0 Å². The second-order valence-corrected chi connectivity index (χ2v) is 6.50. The van der Waals surface area contributed by atoms with Crippen LogP contribution in [0.15, 0.2) is 24.3 Å². The van der Waals surface area contributed by atoms with Crippen LogP contribution in [-0.4, -0.2) is 24.5 Å². The zero-order chi connectivity index (χ0) is 14.8. The third-order valence-electron chi connectivity index (χ3n) is 5.64. The number of aryl methyl sites for hydroxylation is 1. The standard InChI is InChI=1S/C17H25N.C2H6/c1-13-6-4-7-15(12-13)17-9-5-8-16(14(17)2)18(3)11-10-17;1-2/h4,6-7,12,14,16H,5,8-11H2,1-3H3;1-2H3/t14-,16-,17+;/m0./s1. The van der Waals surface area contributed by atoms with Gasteiger partial charge in [0, 0.05) is 11.5 Å². The van der Waals surface area contributed by atoms with Crippen LogP contribution in [0, 0.1) is 12.8 Å². The van der Waals surface area contributed by atoms with Crippen molar-refractivity contribution in [2.24, 2.45) is 5.92 Å². The van der Waals surface area contributed by atoms with Gasteiger partial charge in [-0.05, 0) is 51.3 Å². The molecule has 20 heavy (non-hydrogen) atoms. The molecule has 3 atom stereocenters. The Morgan fingerprint density at radius 2 is 1.95 bits per heavy atom. The molecule has 1 aromatic carbocycles. The van der Waals surface area contributed by atoms with Crippen LogP contribution >= 0.6 is 0 Å². The van der Waals surface area contributed by atoms with Crippen LogP contribution in [0.4, 0.5) is 0 Å². The predicted molar refractivity (Wildman–Crippen MR) is 88.3 cm³/mol. The third kappa shape index (κ3) is 2.53. The van der Waals surface area contributed by atoms with Crippen LogP contribution < -0.4 is 0 Å². The maximum Gasteiger partial charge on any atom is 0.0126 e. The number of likely N-dealkylation sites (tertiary alicyclic amines) is 1. The molecule has 1 aromatic rings. The number of fused-ring (bicyclic) bond motifs is 2. The first-order chi connectivity index (χ1) is 9.63. The van der Waals surface area contributed by atoms with Gasteiger partial charge in [0.05, 0.1) is 0 Å². The molecular formula is C19H31N. The van der Waals surface area contributed by atoms with Crippen LogP contribution in [0.5, 0.6) is 0 Å². The van der Waals surface area contributed by atoms with Gasteiger partial charge >= 0.3 is 0 Å². The molecule has 0 spiro atoms. The minimum absolute atomic E-state index is 0.460. The van der Waals surface area contributed by atoms with E-state index in [-0.39, 0.29) is 0 Å². The molecule has 112 valence electrons. The van der Waals surface area contributed by atoms with Crippen molar-refractivity contribution < 1.29 is 0 Å². The molecule has 0 N–H and O–H groups in total. The summed E-state index contributed by atoms with van der Waals surface area (Å²) in [4.78, 5) is 2.60. The Morgan fingerprint density at radius 3 is 2.65 bits per heavy atom. The molecule has 0 unspecified atom stereocenters. The average Bonchev–Trinajstić information content (AvgIpc) is 2.46. The quantitative estimate of drug-likeness (QED) is 0.711. The van der Waals surface area contributed by atoms with Gasteiger partial charge in [0.15, 0.2) is 0 Å². The second kappa shape index (κ2) is 6.30. The van der Waals surface area contributed by atoms with Crippen LogP contribution in [0.25, 0.3) is 0 Å². The van der Waals surface area contributed by atoms with Gasteiger partial charge in [-0.15, -0.1) is 0 Å². The van der Waals surface area contributed by atoms with E-state index in [0.717, 1.165) is 12.0 Å². The highest BCUT2D eigenvalue weighted by Gasteiger charge is 2.48. The first-order valence-corrected chi connectivity index (χ1v) is 8.41. The van der Waals surface area contributed by atoms with E-state index in [4.69, 9.17) is 0 Å². The zero-order valence-electron chi connectivity index (χ0n) is 13.9. The van der Waals surface area contributed by atoms with Crippen molar-refractivity contribution >= 4 is 0 Å². The van der Waals surface area contributed by atoms with Crippen molar-refractivity contribution in [1.29, 1.82) is 0 Å². The van der Waals surface area contributed by atoms with E-state index in [1.807, 2.05) is 13.8 Å². The van der Waals surface area contributed by atoms with Gasteiger partial charge in [-0.1, -0.05) is 57.0 Å². The molecule has 2 fully saturated rings. The lowest BCUT2D eigenvalue weighted by Gasteiger charge is -2.55. The monoisotopic (exact) mass is 273 g/mol. The molecule has 1 heteroatoms. The van der Waals surface area contributed by atoms with Crippen LogP contribution in [0.3, 0.4) is 0 Å². The Labute approximate surface area is 125 Å². The summed E-state index contributed by atoms with van der Waals surface area (Å²) in [6.07, 6.45) is 5.52. The maximum absolute atomic E-state index is 2.60.